The summed E-state index contributed by atoms with van der Waals surface area (Å²) < 4.78 is 16.9. The largest absolute Gasteiger partial charge is 0.462 e. The van der Waals surface area contributed by atoms with Gasteiger partial charge in [-0.15, -0.1) is 0 Å². The normalized spacial score (nSPS) is 12.2. The number of allylic oxidation sites excluding steroid dienone is 6. The zero-order valence-corrected chi connectivity index (χ0v) is 46.3. The molecule has 0 saturated heterocycles. The van der Waals surface area contributed by atoms with Gasteiger partial charge in [0.2, 0.25) is 0 Å². The quantitative estimate of drug-likeness (QED) is 0.0261. The molecular formula is C63H116O6. The van der Waals surface area contributed by atoms with Crippen molar-refractivity contribution in [3.63, 3.8) is 0 Å². The van der Waals surface area contributed by atoms with Gasteiger partial charge in [0.05, 0.1) is 0 Å². The van der Waals surface area contributed by atoms with E-state index in [0.29, 0.717) is 19.3 Å². The topological polar surface area (TPSA) is 78.9 Å². The molecule has 0 aromatic heterocycles. The molecule has 0 N–H and O–H groups in total. The number of hydrogen-bond donors (Lipinski definition) is 0. The van der Waals surface area contributed by atoms with E-state index < -0.39 is 6.10 Å². The van der Waals surface area contributed by atoms with Gasteiger partial charge in [0.1, 0.15) is 13.2 Å². The maximum atomic E-state index is 12.8. The zero-order chi connectivity index (χ0) is 50.0. The summed E-state index contributed by atoms with van der Waals surface area (Å²) in [4.78, 5) is 38.2. The molecule has 1 atom stereocenters. The average Bonchev–Trinajstić information content (AvgIpc) is 3.35. The van der Waals surface area contributed by atoms with Gasteiger partial charge in [-0.05, 0) is 96.3 Å². The van der Waals surface area contributed by atoms with Crippen LogP contribution in [0.2, 0.25) is 0 Å². The minimum atomic E-state index is -0.778. The summed E-state index contributed by atoms with van der Waals surface area (Å²) in [5, 5.41) is 0. The molecule has 69 heavy (non-hydrogen) atoms. The van der Waals surface area contributed by atoms with Crippen LogP contribution in [0, 0.1) is 0 Å². The Morgan fingerprint density at radius 3 is 0.725 bits per heavy atom. The maximum absolute atomic E-state index is 12.8. The Bertz CT molecular complexity index is 1160. The Morgan fingerprint density at radius 1 is 0.275 bits per heavy atom. The smallest absolute Gasteiger partial charge is 0.306 e. The predicted molar refractivity (Wildman–Crippen MR) is 298 cm³/mol. The Labute approximate surface area is 429 Å². The van der Waals surface area contributed by atoms with Crippen molar-refractivity contribution in [1.82, 2.24) is 0 Å². The molecule has 0 bridgehead atoms. The van der Waals surface area contributed by atoms with E-state index in [1.165, 1.54) is 218 Å². The van der Waals surface area contributed by atoms with Gasteiger partial charge >= 0.3 is 17.9 Å². The van der Waals surface area contributed by atoms with Crippen molar-refractivity contribution in [2.45, 2.75) is 335 Å². The molecule has 0 aromatic carbocycles. The number of carbonyl (C=O) groups excluding carboxylic acids is 3. The first kappa shape index (κ1) is 66.6. The lowest BCUT2D eigenvalue weighted by Crippen LogP contribution is -2.30. The van der Waals surface area contributed by atoms with Crippen molar-refractivity contribution in [3.05, 3.63) is 36.5 Å². The van der Waals surface area contributed by atoms with E-state index in [4.69, 9.17) is 14.2 Å². The highest BCUT2D eigenvalue weighted by Crippen LogP contribution is 2.16. The lowest BCUT2D eigenvalue weighted by Gasteiger charge is -2.18. The fraction of sp³-hybridized carbons (Fsp3) is 0.857. The minimum Gasteiger partial charge on any atom is -0.462 e. The van der Waals surface area contributed by atoms with E-state index >= 15 is 0 Å². The highest BCUT2D eigenvalue weighted by molar-refractivity contribution is 5.71. The van der Waals surface area contributed by atoms with Crippen LogP contribution >= 0.6 is 0 Å². The molecule has 0 fully saturated rings. The molecule has 0 heterocycles. The van der Waals surface area contributed by atoms with Crippen molar-refractivity contribution >= 4 is 17.9 Å². The molecule has 6 nitrogen and oxygen atoms in total. The molecule has 0 aliphatic rings. The SMILES string of the molecule is CCCCCCC/C=C\CCCCCCCC(=O)OCC(COC(=O)CCCCCCCCCCCCC/C=C\CCCCCCCCCC)OC(=O)CCCCCCC/C=C\CCCCCCC. The molecule has 0 spiro atoms. The highest BCUT2D eigenvalue weighted by atomic mass is 16.6. The van der Waals surface area contributed by atoms with Gasteiger partial charge in [-0.3, -0.25) is 14.4 Å². The van der Waals surface area contributed by atoms with E-state index in [1.807, 2.05) is 0 Å². The fourth-order valence-electron chi connectivity index (χ4n) is 8.96. The summed E-state index contributed by atoms with van der Waals surface area (Å²) in [5.41, 5.74) is 0. The molecule has 0 radical (unpaired) electrons. The molecular weight excluding hydrogens is 853 g/mol. The summed E-state index contributed by atoms with van der Waals surface area (Å²) in [7, 11) is 0. The van der Waals surface area contributed by atoms with Crippen molar-refractivity contribution in [1.29, 1.82) is 0 Å². The maximum Gasteiger partial charge on any atom is 0.306 e. The Kier molecular flexibility index (Phi) is 56.2. The van der Waals surface area contributed by atoms with Gasteiger partial charge in [0.25, 0.3) is 0 Å². The first-order valence-electron chi connectivity index (χ1n) is 30.5. The van der Waals surface area contributed by atoms with Crippen molar-refractivity contribution in [2.24, 2.45) is 0 Å². The number of rotatable bonds is 56. The second-order valence-electron chi connectivity index (χ2n) is 20.6. The summed E-state index contributed by atoms with van der Waals surface area (Å²) in [5.74, 6) is -0.877. The van der Waals surface area contributed by atoms with Gasteiger partial charge in [-0.2, -0.15) is 0 Å². The Balaban J connectivity index is 4.28. The van der Waals surface area contributed by atoms with Gasteiger partial charge < -0.3 is 14.2 Å². The highest BCUT2D eigenvalue weighted by Gasteiger charge is 2.19. The van der Waals surface area contributed by atoms with Gasteiger partial charge in [0.15, 0.2) is 6.10 Å². The number of ether oxygens (including phenoxy) is 3. The number of esters is 3. The first-order valence-corrected chi connectivity index (χ1v) is 30.5. The van der Waals surface area contributed by atoms with E-state index in [-0.39, 0.29) is 31.1 Å². The van der Waals surface area contributed by atoms with Crippen LogP contribution in [-0.2, 0) is 28.6 Å². The van der Waals surface area contributed by atoms with E-state index in [9.17, 15) is 14.4 Å². The molecule has 6 heteroatoms. The summed E-state index contributed by atoms with van der Waals surface area (Å²) in [6.07, 6.45) is 70.0. The monoisotopic (exact) mass is 969 g/mol. The minimum absolute atomic E-state index is 0.0759. The molecule has 0 amide bonds. The summed E-state index contributed by atoms with van der Waals surface area (Å²) in [6, 6.07) is 0. The zero-order valence-electron chi connectivity index (χ0n) is 46.3. The van der Waals surface area contributed by atoms with Crippen LogP contribution in [-0.4, -0.2) is 37.2 Å². The van der Waals surface area contributed by atoms with Gasteiger partial charge in [0, 0.05) is 19.3 Å². The van der Waals surface area contributed by atoms with Crippen molar-refractivity contribution < 1.29 is 28.6 Å². The Morgan fingerprint density at radius 2 is 0.478 bits per heavy atom. The average molecular weight is 970 g/mol. The number of unbranched alkanes of at least 4 members (excludes halogenated alkanes) is 39. The third-order valence-electron chi connectivity index (χ3n) is 13.6. The lowest BCUT2D eigenvalue weighted by molar-refractivity contribution is -0.167. The predicted octanol–water partition coefficient (Wildman–Crippen LogP) is 20.4. The second kappa shape index (κ2) is 58.2. The van der Waals surface area contributed by atoms with Crippen LogP contribution < -0.4 is 0 Å². The standard InChI is InChI=1S/C63H116O6/c1-4-7-10-13-16-19-22-25-28-29-30-31-32-33-34-35-36-39-41-44-47-50-53-56-62(65)68-59-60(69-63(66)57-54-51-48-45-42-38-27-24-21-18-15-12-9-6-3)58-67-61(64)55-52-49-46-43-40-37-26-23-20-17-14-11-8-5-2/h23-24,26-27,29-30,60H,4-22,25,28,31-59H2,1-3H3/b26-23-,27-24-,30-29-. The van der Waals surface area contributed by atoms with E-state index in [0.717, 1.165) is 70.6 Å². The lowest BCUT2D eigenvalue weighted by atomic mass is 10.0. The van der Waals surface area contributed by atoms with Gasteiger partial charge in [-0.1, -0.05) is 250 Å². The molecule has 0 aromatic rings. The van der Waals surface area contributed by atoms with Crippen LogP contribution in [0.15, 0.2) is 36.5 Å². The van der Waals surface area contributed by atoms with Crippen LogP contribution in [0.3, 0.4) is 0 Å². The van der Waals surface area contributed by atoms with Crippen molar-refractivity contribution in [2.75, 3.05) is 13.2 Å². The molecule has 0 aliphatic heterocycles. The summed E-state index contributed by atoms with van der Waals surface area (Å²) >= 11 is 0. The summed E-state index contributed by atoms with van der Waals surface area (Å²) in [6.45, 7) is 6.65. The van der Waals surface area contributed by atoms with E-state index in [2.05, 4.69) is 57.2 Å². The third kappa shape index (κ3) is 56.4. The van der Waals surface area contributed by atoms with Crippen LogP contribution in [0.25, 0.3) is 0 Å². The van der Waals surface area contributed by atoms with Crippen LogP contribution in [0.5, 0.6) is 0 Å². The van der Waals surface area contributed by atoms with Crippen molar-refractivity contribution in [3.8, 4) is 0 Å². The third-order valence-corrected chi connectivity index (χ3v) is 13.6. The number of carbonyl (C=O) groups is 3. The van der Waals surface area contributed by atoms with E-state index in [1.54, 1.807) is 0 Å². The molecule has 0 aliphatic carbocycles. The van der Waals surface area contributed by atoms with Crippen LogP contribution in [0.1, 0.15) is 329 Å². The molecule has 0 rings (SSSR count). The second-order valence-corrected chi connectivity index (χ2v) is 20.6. The molecule has 1 unspecified atom stereocenters. The van der Waals surface area contributed by atoms with Crippen LogP contribution in [0.4, 0.5) is 0 Å². The van der Waals surface area contributed by atoms with Gasteiger partial charge in [-0.25, -0.2) is 0 Å². The molecule has 0 saturated carbocycles. The number of hydrogen-bond acceptors (Lipinski definition) is 6. The first-order chi connectivity index (χ1) is 34.0. The molecule has 404 valence electrons. The fourth-order valence-corrected chi connectivity index (χ4v) is 8.96. The Hall–Kier alpha value is -2.37.